The molecule has 0 saturated carbocycles. The highest BCUT2D eigenvalue weighted by atomic mass is 19.4. The summed E-state index contributed by atoms with van der Waals surface area (Å²) in [5.74, 6) is -2.90. The van der Waals surface area contributed by atoms with Gasteiger partial charge in [-0.3, -0.25) is 19.3 Å². The van der Waals surface area contributed by atoms with Crippen molar-refractivity contribution in [3.8, 4) is 0 Å². The molecule has 4 amide bonds. The fourth-order valence-corrected chi connectivity index (χ4v) is 2.95. The Labute approximate surface area is 153 Å². The molecular formula is C17H20F3N3O4. The molecule has 1 saturated heterocycles. The highest BCUT2D eigenvalue weighted by molar-refractivity contribution is 6.45. The van der Waals surface area contributed by atoms with Gasteiger partial charge in [-0.25, -0.2) is 9.69 Å². The van der Waals surface area contributed by atoms with E-state index in [0.29, 0.717) is 4.90 Å². The number of carbonyl (C=O) groups excluding carboxylic acids is 4. The Morgan fingerprint density at radius 3 is 2.15 bits per heavy atom. The number of aromatic nitrogens is 1. The lowest BCUT2D eigenvalue weighted by atomic mass is 10.1. The number of urea groups is 1. The predicted molar refractivity (Wildman–Crippen MR) is 88.0 cm³/mol. The maximum atomic E-state index is 12.7. The molecule has 1 aromatic heterocycles. The molecule has 0 unspecified atom stereocenters. The van der Waals surface area contributed by atoms with Gasteiger partial charge in [0.05, 0.1) is 6.54 Å². The highest BCUT2D eigenvalue weighted by Crippen LogP contribution is 2.24. The Bertz CT molecular complexity index is 811. The molecule has 0 bridgehead atoms. The molecule has 1 fully saturated rings. The zero-order valence-corrected chi connectivity index (χ0v) is 15.4. The molecule has 0 spiro atoms. The number of amides is 4. The average molecular weight is 387 g/mol. The van der Waals surface area contributed by atoms with Gasteiger partial charge < -0.3 is 4.57 Å². The largest absolute Gasteiger partial charge is 0.406 e. The van der Waals surface area contributed by atoms with Crippen molar-refractivity contribution >= 4 is 23.6 Å². The van der Waals surface area contributed by atoms with Gasteiger partial charge in [-0.15, -0.1) is 0 Å². The number of ketones is 1. The van der Waals surface area contributed by atoms with Gasteiger partial charge in [0.1, 0.15) is 6.54 Å². The quantitative estimate of drug-likeness (QED) is 0.426. The zero-order chi connectivity index (χ0) is 20.7. The summed E-state index contributed by atoms with van der Waals surface area (Å²) in [5, 5.41) is 0. The summed E-state index contributed by atoms with van der Waals surface area (Å²) in [6, 6.07) is 0.387. The molecule has 0 N–H and O–H groups in total. The van der Waals surface area contributed by atoms with E-state index in [1.54, 1.807) is 13.8 Å². The Morgan fingerprint density at radius 2 is 1.63 bits per heavy atom. The smallest absolute Gasteiger partial charge is 0.339 e. The molecule has 1 aromatic rings. The van der Waals surface area contributed by atoms with Crippen molar-refractivity contribution in [1.82, 2.24) is 14.4 Å². The Balaban J connectivity index is 2.23. The number of carbonyl (C=O) groups is 4. The van der Waals surface area contributed by atoms with Crippen molar-refractivity contribution < 1.29 is 32.3 Å². The summed E-state index contributed by atoms with van der Waals surface area (Å²) in [4.78, 5) is 50.0. The molecule has 7 nitrogen and oxygen atoms in total. The zero-order valence-electron chi connectivity index (χ0n) is 15.4. The SMILES string of the molecule is Cc1cc(C(=O)CN2C(=O)C(=O)N(CC(C)C)C2=O)c(C)n1CC(F)(F)F. The number of aryl methyl sites for hydroxylation is 1. The second kappa shape index (κ2) is 7.16. The lowest BCUT2D eigenvalue weighted by Crippen LogP contribution is -2.38. The minimum atomic E-state index is -4.46. The van der Waals surface area contributed by atoms with Crippen LogP contribution >= 0.6 is 0 Å². The van der Waals surface area contributed by atoms with E-state index in [-0.39, 0.29) is 29.4 Å². The number of hydrogen-bond donors (Lipinski definition) is 0. The van der Waals surface area contributed by atoms with Crippen LogP contribution in [0.15, 0.2) is 6.07 Å². The highest BCUT2D eigenvalue weighted by Gasteiger charge is 2.45. The van der Waals surface area contributed by atoms with E-state index in [0.717, 1.165) is 9.47 Å². The van der Waals surface area contributed by atoms with Gasteiger partial charge in [0.2, 0.25) is 0 Å². The second-order valence-electron chi connectivity index (χ2n) is 6.89. The van der Waals surface area contributed by atoms with Gasteiger partial charge in [-0.05, 0) is 25.8 Å². The maximum absolute atomic E-state index is 12.7. The van der Waals surface area contributed by atoms with E-state index >= 15 is 0 Å². The minimum Gasteiger partial charge on any atom is -0.339 e. The van der Waals surface area contributed by atoms with Gasteiger partial charge in [-0.1, -0.05) is 13.8 Å². The van der Waals surface area contributed by atoms with Crippen LogP contribution in [0.4, 0.5) is 18.0 Å². The second-order valence-corrected chi connectivity index (χ2v) is 6.89. The van der Waals surface area contributed by atoms with Crippen LogP contribution in [0.1, 0.15) is 35.6 Å². The van der Waals surface area contributed by atoms with Crippen molar-refractivity contribution in [2.24, 2.45) is 5.92 Å². The molecule has 0 radical (unpaired) electrons. The van der Waals surface area contributed by atoms with Crippen molar-refractivity contribution in [3.63, 3.8) is 0 Å². The Kier molecular flexibility index (Phi) is 5.48. The third-order valence-corrected chi connectivity index (χ3v) is 4.20. The molecule has 10 heteroatoms. The number of rotatable bonds is 6. The van der Waals surface area contributed by atoms with Gasteiger partial charge in [0.25, 0.3) is 0 Å². The molecule has 1 aliphatic rings. The summed E-state index contributed by atoms with van der Waals surface area (Å²) in [6.45, 7) is 4.39. The number of hydrogen-bond acceptors (Lipinski definition) is 4. The van der Waals surface area contributed by atoms with Crippen LogP contribution in [0, 0.1) is 19.8 Å². The summed E-state index contributed by atoms with van der Waals surface area (Å²) in [6.07, 6.45) is -4.46. The van der Waals surface area contributed by atoms with Gasteiger partial charge >= 0.3 is 24.0 Å². The van der Waals surface area contributed by atoms with Crippen LogP contribution in [-0.4, -0.2) is 57.3 Å². The molecule has 2 heterocycles. The average Bonchev–Trinajstić information content (AvgIpc) is 2.91. The first-order valence-corrected chi connectivity index (χ1v) is 8.27. The van der Waals surface area contributed by atoms with E-state index in [4.69, 9.17) is 0 Å². The predicted octanol–water partition coefficient (Wildman–Crippen LogP) is 2.30. The summed E-state index contributed by atoms with van der Waals surface area (Å²) < 4.78 is 39.0. The number of imide groups is 2. The van der Waals surface area contributed by atoms with Crippen molar-refractivity contribution in [1.29, 1.82) is 0 Å². The summed E-state index contributed by atoms with van der Waals surface area (Å²) in [5.41, 5.74) is 0.288. The molecule has 148 valence electrons. The van der Waals surface area contributed by atoms with E-state index in [9.17, 15) is 32.3 Å². The molecule has 27 heavy (non-hydrogen) atoms. The van der Waals surface area contributed by atoms with Crippen LogP contribution in [-0.2, 0) is 16.1 Å². The van der Waals surface area contributed by atoms with Crippen molar-refractivity contribution in [2.45, 2.75) is 40.4 Å². The van der Waals surface area contributed by atoms with E-state index in [2.05, 4.69) is 0 Å². The lowest BCUT2D eigenvalue weighted by molar-refractivity contribution is -0.143. The first-order chi connectivity index (χ1) is 12.3. The van der Waals surface area contributed by atoms with Crippen LogP contribution in [0.25, 0.3) is 0 Å². The molecular weight excluding hydrogens is 367 g/mol. The third kappa shape index (κ3) is 4.20. The van der Waals surface area contributed by atoms with Crippen LogP contribution < -0.4 is 0 Å². The Morgan fingerprint density at radius 1 is 1.07 bits per heavy atom. The summed E-state index contributed by atoms with van der Waals surface area (Å²) in [7, 11) is 0. The van der Waals surface area contributed by atoms with Gasteiger partial charge in [-0.2, -0.15) is 13.2 Å². The fraction of sp³-hybridized carbons (Fsp3) is 0.529. The number of halogens is 3. The maximum Gasteiger partial charge on any atom is 0.406 e. The molecule has 0 atom stereocenters. The van der Waals surface area contributed by atoms with E-state index < -0.39 is 42.9 Å². The molecule has 0 aromatic carbocycles. The lowest BCUT2D eigenvalue weighted by Gasteiger charge is -2.16. The van der Waals surface area contributed by atoms with E-state index in [1.807, 2.05) is 0 Å². The van der Waals surface area contributed by atoms with Crippen LogP contribution in [0.5, 0.6) is 0 Å². The monoisotopic (exact) mass is 387 g/mol. The van der Waals surface area contributed by atoms with Crippen LogP contribution in [0.2, 0.25) is 0 Å². The van der Waals surface area contributed by atoms with E-state index in [1.165, 1.54) is 19.9 Å². The summed E-state index contributed by atoms with van der Waals surface area (Å²) >= 11 is 0. The van der Waals surface area contributed by atoms with Crippen molar-refractivity contribution in [2.75, 3.05) is 13.1 Å². The number of nitrogens with zero attached hydrogens (tertiary/aromatic N) is 3. The third-order valence-electron chi connectivity index (χ3n) is 4.20. The molecule has 1 aliphatic heterocycles. The first-order valence-electron chi connectivity index (χ1n) is 8.27. The van der Waals surface area contributed by atoms with Crippen LogP contribution in [0.3, 0.4) is 0 Å². The normalized spacial score (nSPS) is 15.5. The number of alkyl halides is 3. The fourth-order valence-electron chi connectivity index (χ4n) is 2.95. The van der Waals surface area contributed by atoms with Crippen molar-refractivity contribution in [3.05, 3.63) is 23.0 Å². The minimum absolute atomic E-state index is 0.0212. The topological polar surface area (TPSA) is 79.7 Å². The van der Waals surface area contributed by atoms with Gasteiger partial charge in [0, 0.05) is 23.5 Å². The van der Waals surface area contributed by atoms with Gasteiger partial charge in [0.15, 0.2) is 5.78 Å². The number of Topliss-reactive ketones (excluding diaryl/α,β-unsaturated/α-hetero) is 1. The first kappa shape index (κ1) is 20.7. The standard InChI is InChI=1S/C17H20F3N3O4/c1-9(2)6-21-14(25)15(26)22(16(21)27)7-13(24)12-5-10(3)23(11(12)4)8-17(18,19)20/h5,9H,6-8H2,1-4H3. The molecule has 0 aliphatic carbocycles. The molecule has 2 rings (SSSR count). The Hall–Kier alpha value is -2.65.